The standard InChI is InChI=1S/C21H26N2O2.ClH/c22-14-16-23(15-13-17-5-2-1-3-6-17)21(24)18-9-11-20(12-10-18)25-19-7-4-8-19;/h1-3,5-6,9-12,19H,4,7-8,13-16,22H2;1H. The maximum Gasteiger partial charge on any atom is 0.253 e. The van der Waals surface area contributed by atoms with Crippen molar-refractivity contribution in [3.05, 3.63) is 65.7 Å². The van der Waals surface area contributed by atoms with Gasteiger partial charge in [0.15, 0.2) is 0 Å². The largest absolute Gasteiger partial charge is 0.490 e. The first-order valence-electron chi connectivity index (χ1n) is 9.06. The van der Waals surface area contributed by atoms with Gasteiger partial charge in [0.2, 0.25) is 0 Å². The normalized spacial score (nSPS) is 13.4. The van der Waals surface area contributed by atoms with Crippen molar-refractivity contribution >= 4 is 18.3 Å². The third-order valence-corrected chi connectivity index (χ3v) is 4.66. The summed E-state index contributed by atoms with van der Waals surface area (Å²) in [5.41, 5.74) is 7.61. The summed E-state index contributed by atoms with van der Waals surface area (Å²) in [5.74, 6) is 0.868. The molecule has 0 bridgehead atoms. The minimum absolute atomic E-state index is 0. The molecule has 2 aromatic carbocycles. The van der Waals surface area contributed by atoms with Crippen molar-refractivity contribution in [2.45, 2.75) is 31.8 Å². The van der Waals surface area contributed by atoms with Gasteiger partial charge in [-0.15, -0.1) is 12.4 Å². The first-order valence-corrected chi connectivity index (χ1v) is 9.06. The number of halogens is 1. The van der Waals surface area contributed by atoms with Gasteiger partial charge >= 0.3 is 0 Å². The van der Waals surface area contributed by atoms with E-state index in [0.29, 0.717) is 31.3 Å². The van der Waals surface area contributed by atoms with Crippen LogP contribution in [0.3, 0.4) is 0 Å². The molecule has 2 N–H and O–H groups in total. The molecule has 26 heavy (non-hydrogen) atoms. The molecule has 1 fully saturated rings. The van der Waals surface area contributed by atoms with E-state index in [2.05, 4.69) is 12.1 Å². The van der Waals surface area contributed by atoms with Gasteiger partial charge in [-0.05, 0) is 55.5 Å². The molecule has 2 aromatic rings. The molecule has 0 aliphatic heterocycles. The second-order valence-electron chi connectivity index (χ2n) is 6.51. The Bertz CT molecular complexity index is 672. The summed E-state index contributed by atoms with van der Waals surface area (Å²) < 4.78 is 5.85. The van der Waals surface area contributed by atoms with E-state index in [1.165, 1.54) is 12.0 Å². The SMILES string of the molecule is Cl.NCCN(CCc1ccccc1)C(=O)c1ccc(OC2CCC2)cc1. The predicted molar refractivity (Wildman–Crippen MR) is 107 cm³/mol. The summed E-state index contributed by atoms with van der Waals surface area (Å²) in [7, 11) is 0. The van der Waals surface area contributed by atoms with Crippen LogP contribution in [0, 0.1) is 0 Å². The fourth-order valence-corrected chi connectivity index (χ4v) is 2.92. The zero-order chi connectivity index (χ0) is 17.5. The summed E-state index contributed by atoms with van der Waals surface area (Å²) in [5, 5.41) is 0. The number of carbonyl (C=O) groups is 1. The van der Waals surface area contributed by atoms with Crippen LogP contribution in [-0.4, -0.2) is 36.5 Å². The number of hydrogen-bond donors (Lipinski definition) is 1. The van der Waals surface area contributed by atoms with Gasteiger partial charge in [0, 0.05) is 25.2 Å². The quantitative estimate of drug-likeness (QED) is 0.766. The minimum Gasteiger partial charge on any atom is -0.490 e. The topological polar surface area (TPSA) is 55.6 Å². The van der Waals surface area contributed by atoms with Crippen molar-refractivity contribution in [2.75, 3.05) is 19.6 Å². The van der Waals surface area contributed by atoms with Crippen molar-refractivity contribution in [1.29, 1.82) is 0 Å². The average Bonchev–Trinajstić information content (AvgIpc) is 2.62. The van der Waals surface area contributed by atoms with Gasteiger partial charge in [-0.1, -0.05) is 30.3 Å². The van der Waals surface area contributed by atoms with Crippen LogP contribution in [0.2, 0.25) is 0 Å². The molecule has 0 aromatic heterocycles. The molecular formula is C21H27ClN2O2. The van der Waals surface area contributed by atoms with E-state index in [1.807, 2.05) is 47.4 Å². The number of nitrogens with zero attached hydrogens (tertiary/aromatic N) is 1. The number of hydrogen-bond acceptors (Lipinski definition) is 3. The highest BCUT2D eigenvalue weighted by Crippen LogP contribution is 2.25. The van der Waals surface area contributed by atoms with Gasteiger partial charge in [-0.2, -0.15) is 0 Å². The molecule has 140 valence electrons. The summed E-state index contributed by atoms with van der Waals surface area (Å²) in [6, 6.07) is 17.7. The van der Waals surface area contributed by atoms with E-state index in [1.54, 1.807) is 0 Å². The molecule has 1 amide bonds. The van der Waals surface area contributed by atoms with E-state index in [-0.39, 0.29) is 18.3 Å². The van der Waals surface area contributed by atoms with Crippen LogP contribution in [0.15, 0.2) is 54.6 Å². The van der Waals surface area contributed by atoms with E-state index in [0.717, 1.165) is 25.0 Å². The van der Waals surface area contributed by atoms with Crippen molar-refractivity contribution in [3.63, 3.8) is 0 Å². The lowest BCUT2D eigenvalue weighted by Crippen LogP contribution is -2.36. The summed E-state index contributed by atoms with van der Waals surface area (Å²) >= 11 is 0. The van der Waals surface area contributed by atoms with Crippen LogP contribution in [-0.2, 0) is 6.42 Å². The van der Waals surface area contributed by atoms with E-state index < -0.39 is 0 Å². The third-order valence-electron chi connectivity index (χ3n) is 4.66. The van der Waals surface area contributed by atoms with Crippen LogP contribution >= 0.6 is 12.4 Å². The molecule has 3 rings (SSSR count). The molecule has 0 unspecified atom stereocenters. The zero-order valence-corrected chi connectivity index (χ0v) is 15.8. The molecule has 0 heterocycles. The lowest BCUT2D eigenvalue weighted by Gasteiger charge is -2.26. The summed E-state index contributed by atoms with van der Waals surface area (Å²) in [4.78, 5) is 14.6. The molecule has 1 aliphatic carbocycles. The molecule has 0 saturated heterocycles. The van der Waals surface area contributed by atoms with Gasteiger partial charge in [0.25, 0.3) is 5.91 Å². The van der Waals surface area contributed by atoms with Gasteiger partial charge in [0.1, 0.15) is 5.75 Å². The molecule has 1 saturated carbocycles. The van der Waals surface area contributed by atoms with Crippen molar-refractivity contribution in [3.8, 4) is 5.75 Å². The van der Waals surface area contributed by atoms with Gasteiger partial charge in [-0.3, -0.25) is 4.79 Å². The number of carbonyl (C=O) groups excluding carboxylic acids is 1. The number of ether oxygens (including phenoxy) is 1. The van der Waals surface area contributed by atoms with E-state index in [9.17, 15) is 4.79 Å². The van der Waals surface area contributed by atoms with Crippen molar-refractivity contribution in [2.24, 2.45) is 5.73 Å². The first kappa shape index (κ1) is 20.3. The van der Waals surface area contributed by atoms with Gasteiger partial charge < -0.3 is 15.4 Å². The van der Waals surface area contributed by atoms with Gasteiger partial charge in [-0.25, -0.2) is 0 Å². The predicted octanol–water partition coefficient (Wildman–Crippen LogP) is 3.68. The van der Waals surface area contributed by atoms with Crippen LogP contribution in [0.25, 0.3) is 0 Å². The molecular weight excluding hydrogens is 348 g/mol. The molecule has 1 aliphatic rings. The fourth-order valence-electron chi connectivity index (χ4n) is 2.92. The Kier molecular flexibility index (Phi) is 7.95. The Morgan fingerprint density at radius 2 is 1.73 bits per heavy atom. The average molecular weight is 375 g/mol. The summed E-state index contributed by atoms with van der Waals surface area (Å²) in [6.07, 6.45) is 4.68. The lowest BCUT2D eigenvalue weighted by molar-refractivity contribution is 0.0762. The van der Waals surface area contributed by atoms with Gasteiger partial charge in [0.05, 0.1) is 6.10 Å². The smallest absolute Gasteiger partial charge is 0.253 e. The summed E-state index contributed by atoms with van der Waals surface area (Å²) in [6.45, 7) is 1.69. The van der Waals surface area contributed by atoms with Crippen LogP contribution < -0.4 is 10.5 Å². The Morgan fingerprint density at radius 3 is 2.31 bits per heavy atom. The molecule has 5 heteroatoms. The lowest BCUT2D eigenvalue weighted by atomic mass is 9.96. The molecule has 0 atom stereocenters. The van der Waals surface area contributed by atoms with Crippen LogP contribution in [0.1, 0.15) is 35.2 Å². The number of benzene rings is 2. The Morgan fingerprint density at radius 1 is 1.04 bits per heavy atom. The monoisotopic (exact) mass is 374 g/mol. The van der Waals surface area contributed by atoms with Crippen LogP contribution in [0.5, 0.6) is 5.75 Å². The molecule has 0 radical (unpaired) electrons. The molecule has 4 nitrogen and oxygen atoms in total. The molecule has 0 spiro atoms. The maximum atomic E-state index is 12.8. The highest BCUT2D eigenvalue weighted by molar-refractivity contribution is 5.94. The number of rotatable bonds is 8. The fraction of sp³-hybridized carbons (Fsp3) is 0.381. The Hall–Kier alpha value is -2.04. The number of nitrogens with two attached hydrogens (primary N) is 1. The number of amides is 1. The first-order chi connectivity index (χ1) is 12.3. The zero-order valence-electron chi connectivity index (χ0n) is 15.0. The van der Waals surface area contributed by atoms with E-state index in [4.69, 9.17) is 10.5 Å². The van der Waals surface area contributed by atoms with Crippen molar-refractivity contribution in [1.82, 2.24) is 4.90 Å². The second kappa shape index (κ2) is 10.2. The second-order valence-corrected chi connectivity index (χ2v) is 6.51. The Labute approximate surface area is 161 Å². The van der Waals surface area contributed by atoms with Crippen LogP contribution in [0.4, 0.5) is 0 Å². The Balaban J connectivity index is 0.00000243. The highest BCUT2D eigenvalue weighted by atomic mass is 35.5. The minimum atomic E-state index is 0. The van der Waals surface area contributed by atoms with Crippen molar-refractivity contribution < 1.29 is 9.53 Å². The highest BCUT2D eigenvalue weighted by Gasteiger charge is 2.19. The van der Waals surface area contributed by atoms with E-state index >= 15 is 0 Å². The third kappa shape index (κ3) is 5.48. The maximum absolute atomic E-state index is 12.8.